The molecule has 0 unspecified atom stereocenters. The Hall–Kier alpha value is -0.820. The van der Waals surface area contributed by atoms with E-state index in [-0.39, 0.29) is 0 Å². The minimum Gasteiger partial charge on any atom is -0.316 e. The Morgan fingerprint density at radius 1 is 1.23 bits per heavy atom. The van der Waals surface area contributed by atoms with Crippen molar-refractivity contribution >= 4 is 0 Å². The highest BCUT2D eigenvalue weighted by Gasteiger charge is 2.12. The second-order valence-electron chi connectivity index (χ2n) is 3.90. The fraction of sp³-hybridized carbons (Fsp3) is 0.500. The zero-order chi connectivity index (χ0) is 8.93. The maximum Gasteiger partial charge on any atom is -0.00173 e. The second-order valence-corrected chi connectivity index (χ2v) is 3.90. The lowest BCUT2D eigenvalue weighted by Gasteiger charge is -2.22. The van der Waals surface area contributed by atoms with Crippen LogP contribution < -0.4 is 5.32 Å². The molecule has 1 saturated heterocycles. The van der Waals surface area contributed by atoms with Crippen molar-refractivity contribution in [1.29, 1.82) is 0 Å². The predicted molar refractivity (Wildman–Crippen MR) is 55.7 cm³/mol. The van der Waals surface area contributed by atoms with Crippen LogP contribution in [0.5, 0.6) is 0 Å². The lowest BCUT2D eigenvalue weighted by molar-refractivity contribution is 0.376. The lowest BCUT2D eigenvalue weighted by Crippen LogP contribution is -2.30. The molecule has 0 aliphatic carbocycles. The van der Waals surface area contributed by atoms with Crippen molar-refractivity contribution in [1.82, 2.24) is 5.32 Å². The smallest absolute Gasteiger partial charge is 0.00173 e. The lowest BCUT2D eigenvalue weighted by atomic mass is 9.92. The molecule has 1 N–H and O–H groups in total. The molecule has 1 fully saturated rings. The van der Waals surface area contributed by atoms with Crippen LogP contribution in [0.4, 0.5) is 0 Å². The number of hydrogen-bond donors (Lipinski definition) is 1. The van der Waals surface area contributed by atoms with E-state index in [2.05, 4.69) is 35.6 Å². The predicted octanol–water partition coefficient (Wildman–Crippen LogP) is 2.23. The van der Waals surface area contributed by atoms with E-state index in [9.17, 15) is 0 Å². The number of rotatable bonds is 2. The number of hydrogen-bond acceptors (Lipinski definition) is 1. The quantitative estimate of drug-likeness (QED) is 0.726. The van der Waals surface area contributed by atoms with Crippen molar-refractivity contribution in [3.8, 4) is 0 Å². The van der Waals surface area contributed by atoms with E-state index in [0.29, 0.717) is 0 Å². The van der Waals surface area contributed by atoms with E-state index in [0.717, 1.165) is 5.92 Å². The van der Waals surface area contributed by atoms with Gasteiger partial charge in [0.2, 0.25) is 0 Å². The van der Waals surface area contributed by atoms with Gasteiger partial charge in [-0.05, 0) is 43.8 Å². The van der Waals surface area contributed by atoms with Gasteiger partial charge in [-0.25, -0.2) is 0 Å². The first-order valence-electron chi connectivity index (χ1n) is 5.20. The van der Waals surface area contributed by atoms with Crippen LogP contribution in [0.2, 0.25) is 0 Å². The van der Waals surface area contributed by atoms with Crippen molar-refractivity contribution in [2.24, 2.45) is 5.92 Å². The van der Waals surface area contributed by atoms with Crippen LogP contribution in [0.3, 0.4) is 0 Å². The summed E-state index contributed by atoms with van der Waals surface area (Å²) >= 11 is 0. The molecule has 1 aromatic rings. The maximum absolute atomic E-state index is 3.46. The molecular weight excluding hydrogens is 158 g/mol. The minimum atomic E-state index is 0.858. The van der Waals surface area contributed by atoms with E-state index >= 15 is 0 Å². The Morgan fingerprint density at radius 2 is 2.08 bits per heavy atom. The van der Waals surface area contributed by atoms with E-state index < -0.39 is 0 Å². The zero-order valence-electron chi connectivity index (χ0n) is 8.00. The van der Waals surface area contributed by atoms with Crippen LogP contribution in [-0.2, 0) is 6.42 Å². The zero-order valence-corrected chi connectivity index (χ0v) is 8.00. The van der Waals surface area contributed by atoms with Gasteiger partial charge >= 0.3 is 0 Å². The highest BCUT2D eigenvalue weighted by molar-refractivity contribution is 5.15. The summed E-state index contributed by atoms with van der Waals surface area (Å²) in [6, 6.07) is 10.8. The molecule has 1 aliphatic heterocycles. The highest BCUT2D eigenvalue weighted by Crippen LogP contribution is 2.15. The maximum atomic E-state index is 3.46. The highest BCUT2D eigenvalue weighted by atomic mass is 14.9. The molecule has 0 saturated carbocycles. The Bertz CT molecular complexity index is 237. The van der Waals surface area contributed by atoms with Gasteiger partial charge in [0.05, 0.1) is 0 Å². The normalized spacial score (nSPS) is 22.9. The molecular formula is C12H17N. The third-order valence-electron chi connectivity index (χ3n) is 2.77. The monoisotopic (exact) mass is 175 g/mol. The van der Waals surface area contributed by atoms with Crippen molar-refractivity contribution in [3.05, 3.63) is 35.9 Å². The molecule has 1 heterocycles. The van der Waals surface area contributed by atoms with Crippen LogP contribution in [0.15, 0.2) is 30.3 Å². The van der Waals surface area contributed by atoms with Gasteiger partial charge in [0.15, 0.2) is 0 Å². The van der Waals surface area contributed by atoms with Gasteiger partial charge in [0.25, 0.3) is 0 Å². The second kappa shape index (κ2) is 4.43. The average Bonchev–Trinajstić information content (AvgIpc) is 2.21. The van der Waals surface area contributed by atoms with E-state index in [1.165, 1.54) is 37.9 Å². The SMILES string of the molecule is c1ccc(C[C@@H]2CCCNC2)cc1. The third-order valence-corrected chi connectivity index (χ3v) is 2.77. The summed E-state index contributed by atoms with van der Waals surface area (Å²) in [6.45, 7) is 2.42. The Kier molecular flexibility index (Phi) is 2.98. The summed E-state index contributed by atoms with van der Waals surface area (Å²) in [7, 11) is 0. The molecule has 1 atom stereocenters. The van der Waals surface area contributed by atoms with E-state index in [1.807, 2.05) is 0 Å². The third kappa shape index (κ3) is 2.56. The molecule has 0 spiro atoms. The van der Waals surface area contributed by atoms with Gasteiger partial charge in [0, 0.05) is 0 Å². The number of benzene rings is 1. The Balaban J connectivity index is 1.90. The molecule has 0 amide bonds. The molecule has 0 radical (unpaired) electrons. The van der Waals surface area contributed by atoms with E-state index in [1.54, 1.807) is 0 Å². The summed E-state index contributed by atoms with van der Waals surface area (Å²) < 4.78 is 0. The summed E-state index contributed by atoms with van der Waals surface area (Å²) in [5, 5.41) is 3.46. The molecule has 70 valence electrons. The molecule has 1 aromatic carbocycles. The molecule has 0 bridgehead atoms. The van der Waals surface area contributed by atoms with Crippen molar-refractivity contribution < 1.29 is 0 Å². The number of nitrogens with one attached hydrogen (secondary N) is 1. The summed E-state index contributed by atoms with van der Waals surface area (Å²) in [5.74, 6) is 0.858. The molecule has 1 heteroatoms. The molecule has 13 heavy (non-hydrogen) atoms. The minimum absolute atomic E-state index is 0.858. The molecule has 0 aromatic heterocycles. The van der Waals surface area contributed by atoms with Gasteiger partial charge < -0.3 is 5.32 Å². The van der Waals surface area contributed by atoms with Gasteiger partial charge in [-0.1, -0.05) is 30.3 Å². The standard InChI is InChI=1S/C12H17N/c1-2-5-11(6-3-1)9-12-7-4-8-13-10-12/h1-3,5-6,12-13H,4,7-10H2/t12-/m0/s1. The molecule has 2 rings (SSSR count). The van der Waals surface area contributed by atoms with E-state index in [4.69, 9.17) is 0 Å². The van der Waals surface area contributed by atoms with Crippen LogP contribution in [0.1, 0.15) is 18.4 Å². The van der Waals surface area contributed by atoms with Crippen molar-refractivity contribution in [2.75, 3.05) is 13.1 Å². The topological polar surface area (TPSA) is 12.0 Å². The summed E-state index contributed by atoms with van der Waals surface area (Å²) in [4.78, 5) is 0. The summed E-state index contributed by atoms with van der Waals surface area (Å²) in [5.41, 5.74) is 1.48. The van der Waals surface area contributed by atoms with Gasteiger partial charge in [-0.2, -0.15) is 0 Å². The first kappa shape index (κ1) is 8.76. The fourth-order valence-electron chi connectivity index (χ4n) is 2.05. The van der Waals surface area contributed by atoms with Gasteiger partial charge in [0.1, 0.15) is 0 Å². The van der Waals surface area contributed by atoms with Gasteiger partial charge in [-0.3, -0.25) is 0 Å². The first-order valence-corrected chi connectivity index (χ1v) is 5.20. The van der Waals surface area contributed by atoms with Crippen LogP contribution in [0, 0.1) is 5.92 Å². The van der Waals surface area contributed by atoms with Crippen LogP contribution >= 0.6 is 0 Å². The van der Waals surface area contributed by atoms with Crippen molar-refractivity contribution in [2.45, 2.75) is 19.3 Å². The molecule has 1 aliphatic rings. The Labute approximate surface area is 80.2 Å². The Morgan fingerprint density at radius 3 is 2.77 bits per heavy atom. The average molecular weight is 175 g/mol. The first-order chi connectivity index (χ1) is 6.45. The molecule has 1 nitrogen and oxygen atoms in total. The number of piperidine rings is 1. The summed E-state index contributed by atoms with van der Waals surface area (Å²) in [6.07, 6.45) is 3.98. The van der Waals surface area contributed by atoms with Crippen LogP contribution in [0.25, 0.3) is 0 Å². The van der Waals surface area contributed by atoms with Gasteiger partial charge in [-0.15, -0.1) is 0 Å². The van der Waals surface area contributed by atoms with Crippen molar-refractivity contribution in [3.63, 3.8) is 0 Å². The fourth-order valence-corrected chi connectivity index (χ4v) is 2.05. The van der Waals surface area contributed by atoms with Crippen LogP contribution in [-0.4, -0.2) is 13.1 Å². The largest absolute Gasteiger partial charge is 0.316 e.